The lowest BCUT2D eigenvalue weighted by Crippen LogP contribution is -2.31. The van der Waals surface area contributed by atoms with Crippen molar-refractivity contribution in [2.45, 2.75) is 25.2 Å². The number of amides is 2. The second kappa shape index (κ2) is 9.25. The van der Waals surface area contributed by atoms with Crippen molar-refractivity contribution in [1.29, 1.82) is 0 Å². The standard InChI is InChI=1S/C16H24N4O4S/c1-5-9-17-15(21)8-10-18-16(22)14-11-13(12-19(14)4)25(23,24)20(6-2)7-3/h1,11-12H,6-10H2,2-4H3,(H,17,21)(H,18,22). The Labute approximate surface area is 148 Å². The maximum Gasteiger partial charge on any atom is 0.267 e. The van der Waals surface area contributed by atoms with Crippen LogP contribution in [0.15, 0.2) is 17.2 Å². The molecule has 0 aliphatic carbocycles. The minimum absolute atomic E-state index is 0.0654. The quantitative estimate of drug-likeness (QED) is 0.596. The molecule has 25 heavy (non-hydrogen) atoms. The smallest absolute Gasteiger partial charge is 0.267 e. The Hall–Kier alpha value is -2.31. The van der Waals surface area contributed by atoms with E-state index in [4.69, 9.17) is 6.42 Å². The third-order valence-corrected chi connectivity index (χ3v) is 5.60. The van der Waals surface area contributed by atoms with Crippen molar-refractivity contribution in [2.24, 2.45) is 7.05 Å². The summed E-state index contributed by atoms with van der Waals surface area (Å²) in [6.45, 7) is 4.46. The molecule has 1 aromatic rings. The molecule has 0 aliphatic heterocycles. The highest BCUT2D eigenvalue weighted by molar-refractivity contribution is 7.89. The van der Waals surface area contributed by atoms with Crippen molar-refractivity contribution in [3.8, 4) is 12.3 Å². The molecule has 0 fully saturated rings. The van der Waals surface area contributed by atoms with Gasteiger partial charge in [-0.2, -0.15) is 4.31 Å². The van der Waals surface area contributed by atoms with E-state index in [0.717, 1.165) is 0 Å². The van der Waals surface area contributed by atoms with E-state index < -0.39 is 15.9 Å². The zero-order valence-corrected chi connectivity index (χ0v) is 15.5. The first-order valence-corrected chi connectivity index (χ1v) is 9.36. The van der Waals surface area contributed by atoms with E-state index >= 15 is 0 Å². The predicted molar refractivity (Wildman–Crippen MR) is 94.3 cm³/mol. The highest BCUT2D eigenvalue weighted by Crippen LogP contribution is 2.18. The summed E-state index contributed by atoms with van der Waals surface area (Å²) in [5.74, 6) is 1.56. The SMILES string of the molecule is C#CCNC(=O)CCNC(=O)c1cc(S(=O)(=O)N(CC)CC)cn1C. The van der Waals surface area contributed by atoms with Crippen LogP contribution in [0.1, 0.15) is 30.8 Å². The molecule has 9 heteroatoms. The Morgan fingerprint density at radius 3 is 2.48 bits per heavy atom. The molecule has 0 atom stereocenters. The minimum Gasteiger partial charge on any atom is -0.350 e. The van der Waals surface area contributed by atoms with Crippen LogP contribution in [-0.4, -0.2) is 55.3 Å². The maximum absolute atomic E-state index is 12.5. The van der Waals surface area contributed by atoms with Crippen LogP contribution in [-0.2, 0) is 21.9 Å². The molecule has 0 saturated heterocycles. The number of hydrogen-bond acceptors (Lipinski definition) is 4. The van der Waals surface area contributed by atoms with Gasteiger partial charge in [-0.1, -0.05) is 19.8 Å². The lowest BCUT2D eigenvalue weighted by atomic mass is 10.3. The highest BCUT2D eigenvalue weighted by Gasteiger charge is 2.25. The molecular weight excluding hydrogens is 344 g/mol. The van der Waals surface area contributed by atoms with Gasteiger partial charge in [0.05, 0.1) is 6.54 Å². The zero-order valence-electron chi connectivity index (χ0n) is 14.7. The lowest BCUT2D eigenvalue weighted by Gasteiger charge is -2.17. The first kappa shape index (κ1) is 20.7. The van der Waals surface area contributed by atoms with Gasteiger partial charge in [-0.3, -0.25) is 9.59 Å². The van der Waals surface area contributed by atoms with Gasteiger partial charge in [0.2, 0.25) is 15.9 Å². The van der Waals surface area contributed by atoms with Crippen molar-refractivity contribution in [1.82, 2.24) is 19.5 Å². The Bertz CT molecular complexity index is 758. The third-order valence-electron chi connectivity index (χ3n) is 3.58. The molecule has 0 bridgehead atoms. The Morgan fingerprint density at radius 1 is 1.28 bits per heavy atom. The predicted octanol–water partition coefficient (Wildman–Crippen LogP) is -0.0751. The lowest BCUT2D eigenvalue weighted by molar-refractivity contribution is -0.120. The van der Waals surface area contributed by atoms with Gasteiger partial charge in [0, 0.05) is 39.3 Å². The van der Waals surface area contributed by atoms with Crippen LogP contribution in [0, 0.1) is 12.3 Å². The number of nitrogens with zero attached hydrogens (tertiary/aromatic N) is 2. The topological polar surface area (TPSA) is 101 Å². The van der Waals surface area contributed by atoms with Gasteiger partial charge in [-0.05, 0) is 6.07 Å². The van der Waals surface area contributed by atoms with Gasteiger partial charge >= 0.3 is 0 Å². The van der Waals surface area contributed by atoms with Crippen LogP contribution in [0.25, 0.3) is 0 Å². The molecule has 0 unspecified atom stereocenters. The minimum atomic E-state index is -3.63. The van der Waals surface area contributed by atoms with Crippen molar-refractivity contribution in [2.75, 3.05) is 26.2 Å². The Balaban J connectivity index is 2.78. The molecule has 1 rings (SSSR count). The normalized spacial score (nSPS) is 11.2. The molecule has 1 aromatic heterocycles. The highest BCUT2D eigenvalue weighted by atomic mass is 32.2. The number of carbonyl (C=O) groups excluding carboxylic acids is 2. The molecule has 2 N–H and O–H groups in total. The number of hydrogen-bond donors (Lipinski definition) is 2. The van der Waals surface area contributed by atoms with E-state index in [1.54, 1.807) is 20.9 Å². The van der Waals surface area contributed by atoms with Crippen LogP contribution < -0.4 is 10.6 Å². The number of aromatic nitrogens is 1. The molecule has 1 heterocycles. The summed E-state index contributed by atoms with van der Waals surface area (Å²) < 4.78 is 27.8. The molecular formula is C16H24N4O4S. The average molecular weight is 368 g/mol. The first-order chi connectivity index (χ1) is 11.8. The van der Waals surface area contributed by atoms with E-state index in [9.17, 15) is 18.0 Å². The molecule has 0 spiro atoms. The Morgan fingerprint density at radius 2 is 1.92 bits per heavy atom. The van der Waals surface area contributed by atoms with Crippen molar-refractivity contribution < 1.29 is 18.0 Å². The Kier molecular flexibility index (Phi) is 7.67. The van der Waals surface area contributed by atoms with Gasteiger partial charge in [-0.15, -0.1) is 6.42 Å². The summed E-state index contributed by atoms with van der Waals surface area (Å²) in [6, 6.07) is 1.33. The van der Waals surface area contributed by atoms with Crippen molar-refractivity contribution in [3.05, 3.63) is 18.0 Å². The van der Waals surface area contributed by atoms with Crippen LogP contribution in [0.4, 0.5) is 0 Å². The largest absolute Gasteiger partial charge is 0.350 e. The number of rotatable bonds is 9. The summed E-state index contributed by atoms with van der Waals surface area (Å²) in [7, 11) is -2.04. The molecule has 8 nitrogen and oxygen atoms in total. The van der Waals surface area contributed by atoms with Crippen molar-refractivity contribution >= 4 is 21.8 Å². The van der Waals surface area contributed by atoms with Gasteiger partial charge < -0.3 is 15.2 Å². The number of aryl methyl sites for hydroxylation is 1. The molecule has 0 radical (unpaired) electrons. The van der Waals surface area contributed by atoms with E-state index in [-0.39, 0.29) is 36.0 Å². The fraction of sp³-hybridized carbons (Fsp3) is 0.500. The maximum atomic E-state index is 12.5. The zero-order chi connectivity index (χ0) is 19.0. The van der Waals surface area contributed by atoms with E-state index in [2.05, 4.69) is 16.6 Å². The molecule has 2 amide bonds. The summed E-state index contributed by atoms with van der Waals surface area (Å²) in [5, 5.41) is 5.08. The molecule has 0 saturated carbocycles. The van der Waals surface area contributed by atoms with Crippen LogP contribution in [0.3, 0.4) is 0 Å². The number of nitrogens with one attached hydrogen (secondary N) is 2. The van der Waals surface area contributed by atoms with Crippen LogP contribution in [0.5, 0.6) is 0 Å². The van der Waals surface area contributed by atoms with E-state index in [0.29, 0.717) is 13.1 Å². The second-order valence-electron chi connectivity index (χ2n) is 5.25. The van der Waals surface area contributed by atoms with Crippen LogP contribution in [0.2, 0.25) is 0 Å². The third kappa shape index (κ3) is 5.34. The summed E-state index contributed by atoms with van der Waals surface area (Å²) >= 11 is 0. The number of sulfonamides is 1. The fourth-order valence-corrected chi connectivity index (χ4v) is 3.76. The summed E-state index contributed by atoms with van der Waals surface area (Å²) in [5.41, 5.74) is 0.203. The average Bonchev–Trinajstić information content (AvgIpc) is 2.96. The van der Waals surface area contributed by atoms with Crippen LogP contribution >= 0.6 is 0 Å². The fourth-order valence-electron chi connectivity index (χ4n) is 2.23. The number of terminal acetylenes is 1. The summed E-state index contributed by atoms with van der Waals surface area (Å²) in [4.78, 5) is 23.7. The van der Waals surface area contributed by atoms with Gasteiger partial charge in [0.1, 0.15) is 10.6 Å². The molecule has 138 valence electrons. The second-order valence-corrected chi connectivity index (χ2v) is 7.19. The van der Waals surface area contributed by atoms with Gasteiger partial charge in [0.15, 0.2) is 0 Å². The van der Waals surface area contributed by atoms with Crippen molar-refractivity contribution in [3.63, 3.8) is 0 Å². The monoisotopic (exact) mass is 368 g/mol. The number of carbonyl (C=O) groups is 2. The first-order valence-electron chi connectivity index (χ1n) is 7.92. The van der Waals surface area contributed by atoms with Gasteiger partial charge in [0.25, 0.3) is 5.91 Å². The molecule has 0 aliphatic rings. The van der Waals surface area contributed by atoms with Gasteiger partial charge in [-0.25, -0.2) is 8.42 Å². The summed E-state index contributed by atoms with van der Waals surface area (Å²) in [6.07, 6.45) is 6.53. The van der Waals surface area contributed by atoms with E-state index in [1.165, 1.54) is 21.1 Å². The molecule has 0 aromatic carbocycles. The van der Waals surface area contributed by atoms with E-state index in [1.807, 2.05) is 0 Å².